The van der Waals surface area contributed by atoms with E-state index in [9.17, 15) is 14.4 Å². The van der Waals surface area contributed by atoms with Gasteiger partial charge in [-0.3, -0.25) is 14.3 Å². The van der Waals surface area contributed by atoms with Crippen molar-refractivity contribution in [3.05, 3.63) is 112 Å². The van der Waals surface area contributed by atoms with Gasteiger partial charge < -0.3 is 10.1 Å². The summed E-state index contributed by atoms with van der Waals surface area (Å²) in [6, 6.07) is 25.1. The second-order valence-electron chi connectivity index (χ2n) is 9.03. The number of anilines is 1. The van der Waals surface area contributed by atoms with Crippen molar-refractivity contribution in [2.24, 2.45) is 7.05 Å². The maximum atomic E-state index is 13.3. The molecule has 8 nitrogen and oxygen atoms in total. The zero-order chi connectivity index (χ0) is 27.7. The molecule has 5 rings (SSSR count). The fourth-order valence-corrected chi connectivity index (χ4v) is 4.60. The summed E-state index contributed by atoms with van der Waals surface area (Å²) in [5.41, 5.74) is 2.94. The summed E-state index contributed by atoms with van der Waals surface area (Å²) in [6.07, 6.45) is -1.18. The number of ether oxygens (including phenoxy) is 1. The van der Waals surface area contributed by atoms with Crippen molar-refractivity contribution in [3.8, 4) is 16.9 Å². The largest absolute Gasteiger partial charge is 0.449 e. The molecule has 0 aliphatic carbocycles. The molecule has 0 bridgehead atoms. The van der Waals surface area contributed by atoms with Gasteiger partial charge in [0.05, 0.1) is 28.2 Å². The molecule has 39 heavy (non-hydrogen) atoms. The van der Waals surface area contributed by atoms with Gasteiger partial charge in [0.1, 0.15) is 5.69 Å². The van der Waals surface area contributed by atoms with Crippen molar-refractivity contribution in [1.82, 2.24) is 14.3 Å². The SMILES string of the molecule is Cc1c(NC(=O)C(C)OC(=O)c2cc(-c3ccccc3Cl)nc3ccccc23)c(=O)n(-c2ccccc2)n1C. The Labute approximate surface area is 229 Å². The number of rotatable bonds is 6. The first kappa shape index (κ1) is 25.9. The van der Waals surface area contributed by atoms with Crippen LogP contribution in [0.1, 0.15) is 23.0 Å². The molecule has 3 aromatic carbocycles. The molecule has 1 unspecified atom stereocenters. The van der Waals surface area contributed by atoms with E-state index in [1.807, 2.05) is 42.5 Å². The van der Waals surface area contributed by atoms with Gasteiger partial charge in [0, 0.05) is 23.0 Å². The number of aromatic nitrogens is 3. The molecule has 5 aromatic rings. The molecule has 0 saturated carbocycles. The number of esters is 1. The van der Waals surface area contributed by atoms with E-state index >= 15 is 0 Å². The van der Waals surface area contributed by atoms with Crippen molar-refractivity contribution < 1.29 is 14.3 Å². The minimum atomic E-state index is -1.18. The van der Waals surface area contributed by atoms with E-state index in [1.54, 1.807) is 61.1 Å². The lowest BCUT2D eigenvalue weighted by molar-refractivity contribution is -0.123. The molecule has 2 heterocycles. The van der Waals surface area contributed by atoms with Gasteiger partial charge in [-0.25, -0.2) is 14.5 Å². The number of benzene rings is 3. The van der Waals surface area contributed by atoms with Crippen LogP contribution in [0.5, 0.6) is 0 Å². The zero-order valence-corrected chi connectivity index (χ0v) is 22.3. The molecule has 0 aliphatic rings. The number of hydrogen-bond donors (Lipinski definition) is 1. The number of para-hydroxylation sites is 2. The highest BCUT2D eigenvalue weighted by molar-refractivity contribution is 6.33. The Kier molecular flexibility index (Phi) is 7.04. The van der Waals surface area contributed by atoms with Crippen molar-refractivity contribution >= 4 is 40.1 Å². The minimum Gasteiger partial charge on any atom is -0.449 e. The second-order valence-corrected chi connectivity index (χ2v) is 9.43. The van der Waals surface area contributed by atoms with Crippen molar-refractivity contribution in [1.29, 1.82) is 0 Å². The van der Waals surface area contributed by atoms with Crippen LogP contribution in [-0.4, -0.2) is 32.3 Å². The second kappa shape index (κ2) is 10.6. The van der Waals surface area contributed by atoms with Crippen molar-refractivity contribution in [2.45, 2.75) is 20.0 Å². The smallest absolute Gasteiger partial charge is 0.339 e. The highest BCUT2D eigenvalue weighted by Gasteiger charge is 2.25. The minimum absolute atomic E-state index is 0.115. The standard InChI is InChI=1S/C30H25ClN4O4/c1-18-27(29(37)35(34(18)3)20-11-5-4-6-12-20)33-28(36)19(2)39-30(38)23-17-26(22-14-7-9-15-24(22)31)32-25-16-10-8-13-21(23)25/h4-17,19H,1-3H3,(H,33,36). The van der Waals surface area contributed by atoms with E-state index in [0.29, 0.717) is 38.6 Å². The first-order valence-corrected chi connectivity index (χ1v) is 12.6. The number of nitrogens with zero attached hydrogens (tertiary/aromatic N) is 3. The summed E-state index contributed by atoms with van der Waals surface area (Å²) >= 11 is 6.38. The van der Waals surface area contributed by atoms with Gasteiger partial charge in [0.2, 0.25) is 0 Å². The molecular weight excluding hydrogens is 516 g/mol. The van der Waals surface area contributed by atoms with E-state index in [2.05, 4.69) is 10.3 Å². The van der Waals surface area contributed by atoms with Gasteiger partial charge in [-0.05, 0) is 44.2 Å². The fourth-order valence-electron chi connectivity index (χ4n) is 4.37. The molecule has 1 N–H and O–H groups in total. The highest BCUT2D eigenvalue weighted by Crippen LogP contribution is 2.30. The number of hydrogen-bond acceptors (Lipinski definition) is 5. The van der Waals surface area contributed by atoms with Gasteiger partial charge in [0.15, 0.2) is 6.10 Å². The monoisotopic (exact) mass is 540 g/mol. The molecule has 2 aromatic heterocycles. The number of pyridine rings is 1. The van der Waals surface area contributed by atoms with Crippen LogP contribution in [0.4, 0.5) is 5.69 Å². The van der Waals surface area contributed by atoms with Gasteiger partial charge in [-0.1, -0.05) is 66.2 Å². The van der Waals surface area contributed by atoms with Gasteiger partial charge >= 0.3 is 5.97 Å². The van der Waals surface area contributed by atoms with Crippen LogP contribution in [0.2, 0.25) is 5.02 Å². The first-order valence-electron chi connectivity index (χ1n) is 12.3. The molecule has 0 aliphatic heterocycles. The Balaban J connectivity index is 1.42. The number of carbonyl (C=O) groups is 2. The highest BCUT2D eigenvalue weighted by atomic mass is 35.5. The van der Waals surface area contributed by atoms with Crippen LogP contribution in [0, 0.1) is 6.92 Å². The van der Waals surface area contributed by atoms with E-state index in [4.69, 9.17) is 16.3 Å². The lowest BCUT2D eigenvalue weighted by Crippen LogP contribution is -2.32. The maximum Gasteiger partial charge on any atom is 0.339 e. The van der Waals surface area contributed by atoms with Crippen LogP contribution in [0.25, 0.3) is 27.8 Å². The van der Waals surface area contributed by atoms with Crippen LogP contribution in [-0.2, 0) is 16.6 Å². The van der Waals surface area contributed by atoms with Crippen molar-refractivity contribution in [3.63, 3.8) is 0 Å². The first-order chi connectivity index (χ1) is 18.8. The molecule has 0 radical (unpaired) electrons. The maximum absolute atomic E-state index is 13.3. The van der Waals surface area contributed by atoms with Gasteiger partial charge in [-0.15, -0.1) is 0 Å². The third kappa shape index (κ3) is 4.94. The van der Waals surface area contributed by atoms with Crippen molar-refractivity contribution in [2.75, 3.05) is 5.32 Å². The quantitative estimate of drug-likeness (QED) is 0.285. The molecule has 1 amide bonds. The van der Waals surface area contributed by atoms with Crippen LogP contribution >= 0.6 is 11.6 Å². The van der Waals surface area contributed by atoms with E-state index < -0.39 is 23.5 Å². The topological polar surface area (TPSA) is 95.2 Å². The number of carbonyl (C=O) groups excluding carboxylic acids is 2. The predicted molar refractivity (Wildman–Crippen MR) is 151 cm³/mol. The lowest BCUT2D eigenvalue weighted by Gasteiger charge is -2.15. The summed E-state index contributed by atoms with van der Waals surface area (Å²) in [7, 11) is 1.73. The number of fused-ring (bicyclic) bond motifs is 1. The molecule has 9 heteroatoms. The molecule has 0 spiro atoms. The Hall–Kier alpha value is -4.69. The summed E-state index contributed by atoms with van der Waals surface area (Å²) < 4.78 is 8.69. The van der Waals surface area contributed by atoms with Gasteiger partial charge in [-0.2, -0.15) is 0 Å². The Morgan fingerprint density at radius 3 is 2.38 bits per heavy atom. The summed E-state index contributed by atoms with van der Waals surface area (Å²) in [4.78, 5) is 44.2. The predicted octanol–water partition coefficient (Wildman–Crippen LogP) is 5.54. The van der Waals surface area contributed by atoms with Crippen LogP contribution in [0.3, 0.4) is 0 Å². The van der Waals surface area contributed by atoms with E-state index in [-0.39, 0.29) is 11.3 Å². The third-order valence-electron chi connectivity index (χ3n) is 6.54. The number of nitrogens with one attached hydrogen (secondary N) is 1. The molecule has 0 saturated heterocycles. The van der Waals surface area contributed by atoms with Crippen LogP contribution < -0.4 is 10.9 Å². The third-order valence-corrected chi connectivity index (χ3v) is 6.87. The van der Waals surface area contributed by atoms with Gasteiger partial charge in [0.25, 0.3) is 11.5 Å². The van der Waals surface area contributed by atoms with Crippen LogP contribution in [0.15, 0.2) is 89.7 Å². The average Bonchev–Trinajstić information content (AvgIpc) is 3.15. The fraction of sp³-hybridized carbons (Fsp3) is 0.133. The normalized spacial score (nSPS) is 11.8. The zero-order valence-electron chi connectivity index (χ0n) is 21.5. The lowest BCUT2D eigenvalue weighted by atomic mass is 10.0. The number of amides is 1. The summed E-state index contributed by atoms with van der Waals surface area (Å²) in [5, 5.41) is 3.72. The Bertz CT molecular complexity index is 1780. The Morgan fingerprint density at radius 1 is 0.974 bits per heavy atom. The summed E-state index contributed by atoms with van der Waals surface area (Å²) in [6.45, 7) is 3.19. The molecule has 0 fully saturated rings. The Morgan fingerprint density at radius 2 is 1.64 bits per heavy atom. The molecule has 1 atom stereocenters. The summed E-state index contributed by atoms with van der Waals surface area (Å²) in [5.74, 6) is -1.32. The molecule has 196 valence electrons. The van der Waals surface area contributed by atoms with E-state index in [1.165, 1.54) is 11.6 Å². The van der Waals surface area contributed by atoms with E-state index in [0.717, 1.165) is 0 Å². The number of halogens is 1. The molecular formula is C30H25ClN4O4. The average molecular weight is 541 g/mol.